The summed E-state index contributed by atoms with van der Waals surface area (Å²) in [4.78, 5) is 33.7. The first kappa shape index (κ1) is 21.7. The number of hydrogen-bond donors (Lipinski definition) is 1. The van der Waals surface area contributed by atoms with Crippen LogP contribution in [0.25, 0.3) is 11.0 Å². The molecule has 2 heterocycles. The zero-order chi connectivity index (χ0) is 23.7. The van der Waals surface area contributed by atoms with Gasteiger partial charge in [0.25, 0.3) is 5.91 Å². The maximum Gasteiger partial charge on any atom is 0.291 e. The van der Waals surface area contributed by atoms with Crippen molar-refractivity contribution in [3.8, 4) is 5.75 Å². The molecule has 1 aromatic heterocycles. The summed E-state index contributed by atoms with van der Waals surface area (Å²) in [5.74, 6) is 0.500. The number of carbonyl (C=O) groups excluding carboxylic acids is 2. The summed E-state index contributed by atoms with van der Waals surface area (Å²) < 4.78 is 7.37. The number of ether oxygens (including phenoxy) is 1. The van der Waals surface area contributed by atoms with E-state index in [0.29, 0.717) is 24.7 Å². The molecule has 4 aromatic rings. The second-order valence-corrected chi connectivity index (χ2v) is 8.66. The van der Waals surface area contributed by atoms with E-state index in [1.54, 1.807) is 12.0 Å². The molecule has 1 aliphatic heterocycles. The molecule has 7 nitrogen and oxygen atoms in total. The standard InChI is InChI=1S/C27H26N4O3/c1-27(26(33)28-16-19-10-4-3-5-11-19)18-30-22-14-8-7-13-21(22)29-24(30)25(32)31(27)17-20-12-6-9-15-23(20)34-2/h3-15H,16-18H2,1-2H3,(H,28,33)/t27-/m1/s1. The van der Waals surface area contributed by atoms with Gasteiger partial charge in [0.15, 0.2) is 5.82 Å². The Bertz CT molecular complexity index is 1360. The predicted octanol–water partition coefficient (Wildman–Crippen LogP) is 3.78. The van der Waals surface area contributed by atoms with Crippen LogP contribution in [-0.2, 0) is 24.4 Å². The minimum Gasteiger partial charge on any atom is -0.496 e. The van der Waals surface area contributed by atoms with Crippen molar-refractivity contribution in [2.45, 2.75) is 32.1 Å². The summed E-state index contributed by atoms with van der Waals surface area (Å²) in [7, 11) is 1.60. The van der Waals surface area contributed by atoms with E-state index >= 15 is 0 Å². The average Bonchev–Trinajstić information content (AvgIpc) is 3.24. The molecule has 172 valence electrons. The van der Waals surface area contributed by atoms with Crippen molar-refractivity contribution < 1.29 is 14.3 Å². The van der Waals surface area contributed by atoms with Crippen LogP contribution < -0.4 is 10.1 Å². The fraction of sp³-hybridized carbons (Fsp3) is 0.222. The molecular formula is C27H26N4O3. The lowest BCUT2D eigenvalue weighted by molar-refractivity contribution is -0.133. The van der Waals surface area contributed by atoms with Crippen LogP contribution in [0.15, 0.2) is 78.9 Å². The SMILES string of the molecule is COc1ccccc1CN1C(=O)c2nc3ccccc3n2C[C@]1(C)C(=O)NCc1ccccc1. The van der Waals surface area contributed by atoms with Gasteiger partial charge in [-0.15, -0.1) is 0 Å². The molecule has 0 bridgehead atoms. The number of nitrogens with zero attached hydrogens (tertiary/aromatic N) is 3. The van der Waals surface area contributed by atoms with Crippen molar-refractivity contribution in [2.75, 3.05) is 7.11 Å². The number of imidazole rings is 1. The van der Waals surface area contributed by atoms with Crippen LogP contribution in [0, 0.1) is 0 Å². The van der Waals surface area contributed by atoms with E-state index in [1.807, 2.05) is 90.4 Å². The molecule has 1 atom stereocenters. The second-order valence-electron chi connectivity index (χ2n) is 8.66. The molecule has 2 amide bonds. The Morgan fingerprint density at radius 2 is 1.74 bits per heavy atom. The van der Waals surface area contributed by atoms with Gasteiger partial charge >= 0.3 is 0 Å². The topological polar surface area (TPSA) is 76.5 Å². The van der Waals surface area contributed by atoms with E-state index in [1.165, 1.54) is 0 Å². The van der Waals surface area contributed by atoms with Crippen molar-refractivity contribution in [1.82, 2.24) is 19.8 Å². The Balaban J connectivity index is 1.55. The van der Waals surface area contributed by atoms with Gasteiger partial charge in [-0.05, 0) is 30.7 Å². The molecule has 5 rings (SSSR count). The lowest BCUT2D eigenvalue weighted by Crippen LogP contribution is -2.63. The number of hydrogen-bond acceptors (Lipinski definition) is 4. The van der Waals surface area contributed by atoms with Crippen LogP contribution in [0.3, 0.4) is 0 Å². The number of benzene rings is 3. The van der Waals surface area contributed by atoms with Gasteiger partial charge in [-0.1, -0.05) is 60.7 Å². The number of amides is 2. The lowest BCUT2D eigenvalue weighted by Gasteiger charge is -2.43. The van der Waals surface area contributed by atoms with Crippen molar-refractivity contribution in [2.24, 2.45) is 0 Å². The van der Waals surface area contributed by atoms with E-state index in [0.717, 1.165) is 22.2 Å². The van der Waals surface area contributed by atoms with Gasteiger partial charge in [0.1, 0.15) is 11.3 Å². The zero-order valence-electron chi connectivity index (χ0n) is 19.2. The number of rotatable bonds is 6. The van der Waals surface area contributed by atoms with E-state index in [4.69, 9.17) is 4.74 Å². The van der Waals surface area contributed by atoms with Crippen LogP contribution in [0.4, 0.5) is 0 Å². The molecule has 0 saturated heterocycles. The van der Waals surface area contributed by atoms with Crippen LogP contribution in [-0.4, -0.2) is 38.9 Å². The first-order chi connectivity index (χ1) is 16.5. The van der Waals surface area contributed by atoms with E-state index < -0.39 is 5.54 Å². The van der Waals surface area contributed by atoms with Gasteiger partial charge < -0.3 is 19.5 Å². The van der Waals surface area contributed by atoms with Gasteiger partial charge in [-0.2, -0.15) is 0 Å². The number of methoxy groups -OCH3 is 1. The minimum absolute atomic E-state index is 0.219. The molecular weight excluding hydrogens is 428 g/mol. The van der Waals surface area contributed by atoms with E-state index in [2.05, 4.69) is 10.3 Å². The minimum atomic E-state index is -1.14. The Hall–Kier alpha value is -4.13. The third kappa shape index (κ3) is 3.69. The Morgan fingerprint density at radius 1 is 1.03 bits per heavy atom. The van der Waals surface area contributed by atoms with E-state index in [-0.39, 0.29) is 18.4 Å². The second kappa shape index (κ2) is 8.67. The Labute approximate surface area is 198 Å². The molecule has 0 fully saturated rings. The monoisotopic (exact) mass is 454 g/mol. The molecule has 0 aliphatic carbocycles. The smallest absolute Gasteiger partial charge is 0.291 e. The third-order valence-corrected chi connectivity index (χ3v) is 6.46. The molecule has 1 N–H and O–H groups in total. The molecule has 3 aromatic carbocycles. The maximum atomic E-state index is 13.8. The number of nitrogens with one attached hydrogen (secondary N) is 1. The first-order valence-electron chi connectivity index (χ1n) is 11.2. The number of aromatic nitrogens is 2. The largest absolute Gasteiger partial charge is 0.496 e. The highest BCUT2D eigenvalue weighted by Gasteiger charge is 2.48. The Kier molecular flexibility index (Phi) is 5.53. The quantitative estimate of drug-likeness (QED) is 0.481. The molecule has 0 unspecified atom stereocenters. The van der Waals surface area contributed by atoms with Gasteiger partial charge in [-0.3, -0.25) is 9.59 Å². The summed E-state index contributed by atoms with van der Waals surface area (Å²) in [6.07, 6.45) is 0. The highest BCUT2D eigenvalue weighted by atomic mass is 16.5. The van der Waals surface area contributed by atoms with Gasteiger partial charge in [0, 0.05) is 12.1 Å². The van der Waals surface area contributed by atoms with Crippen LogP contribution in [0.5, 0.6) is 5.75 Å². The molecule has 0 spiro atoms. The van der Waals surface area contributed by atoms with Gasteiger partial charge in [0.2, 0.25) is 5.91 Å². The third-order valence-electron chi connectivity index (χ3n) is 6.46. The molecule has 0 saturated carbocycles. The predicted molar refractivity (Wildman–Crippen MR) is 129 cm³/mol. The molecule has 0 radical (unpaired) electrons. The van der Waals surface area contributed by atoms with Crippen molar-refractivity contribution in [3.63, 3.8) is 0 Å². The highest BCUT2D eigenvalue weighted by molar-refractivity contribution is 6.01. The summed E-state index contributed by atoms with van der Waals surface area (Å²) >= 11 is 0. The highest BCUT2D eigenvalue weighted by Crippen LogP contribution is 2.33. The number of fused-ring (bicyclic) bond motifs is 3. The Morgan fingerprint density at radius 3 is 2.53 bits per heavy atom. The van der Waals surface area contributed by atoms with Crippen LogP contribution in [0.2, 0.25) is 0 Å². The molecule has 1 aliphatic rings. The summed E-state index contributed by atoms with van der Waals surface area (Å²) in [5, 5.41) is 3.05. The zero-order valence-corrected chi connectivity index (χ0v) is 19.2. The fourth-order valence-electron chi connectivity index (χ4n) is 4.55. The molecule has 7 heteroatoms. The summed E-state index contributed by atoms with van der Waals surface area (Å²) in [6.45, 7) is 2.72. The summed E-state index contributed by atoms with van der Waals surface area (Å²) in [5.41, 5.74) is 2.25. The van der Waals surface area contributed by atoms with Crippen molar-refractivity contribution in [3.05, 3.63) is 95.8 Å². The first-order valence-corrected chi connectivity index (χ1v) is 11.2. The van der Waals surface area contributed by atoms with Crippen LogP contribution in [0.1, 0.15) is 28.7 Å². The van der Waals surface area contributed by atoms with Gasteiger partial charge in [0.05, 0.1) is 31.2 Å². The average molecular weight is 455 g/mol. The fourth-order valence-corrected chi connectivity index (χ4v) is 4.55. The van der Waals surface area contributed by atoms with Crippen LogP contribution >= 0.6 is 0 Å². The number of carbonyl (C=O) groups is 2. The van der Waals surface area contributed by atoms with Crippen molar-refractivity contribution >= 4 is 22.8 Å². The summed E-state index contributed by atoms with van der Waals surface area (Å²) in [6, 6.07) is 24.9. The molecule has 34 heavy (non-hydrogen) atoms. The van der Waals surface area contributed by atoms with E-state index in [9.17, 15) is 9.59 Å². The normalized spacial score (nSPS) is 17.5. The lowest BCUT2D eigenvalue weighted by atomic mass is 9.94. The van der Waals surface area contributed by atoms with Gasteiger partial charge in [-0.25, -0.2) is 4.98 Å². The number of para-hydroxylation sites is 3. The maximum absolute atomic E-state index is 13.8. The van der Waals surface area contributed by atoms with Crippen molar-refractivity contribution in [1.29, 1.82) is 0 Å².